The first-order chi connectivity index (χ1) is 13.6. The van der Waals surface area contributed by atoms with Gasteiger partial charge in [0.25, 0.3) is 5.91 Å². The fraction of sp³-hybridized carbons (Fsp3) is 0.333. The second-order valence-corrected chi connectivity index (χ2v) is 7.37. The predicted molar refractivity (Wildman–Crippen MR) is 103 cm³/mol. The highest BCUT2D eigenvalue weighted by atomic mass is 16.5. The maximum Gasteiger partial charge on any atom is 0.255 e. The number of rotatable bonds is 2. The van der Waals surface area contributed by atoms with E-state index in [4.69, 9.17) is 4.74 Å². The molecule has 5 rings (SSSR count). The van der Waals surface area contributed by atoms with Crippen LogP contribution in [0.5, 0.6) is 0 Å². The van der Waals surface area contributed by atoms with Crippen LogP contribution in [0.1, 0.15) is 33.4 Å². The number of hydrogen-bond donors (Lipinski definition) is 0. The van der Waals surface area contributed by atoms with E-state index in [1.54, 1.807) is 6.20 Å². The molecule has 2 aliphatic rings. The number of nitrogens with zero attached hydrogens (tertiary/aromatic N) is 5. The molecule has 142 valence electrons. The van der Waals surface area contributed by atoms with Gasteiger partial charge in [-0.15, -0.1) is 10.2 Å². The van der Waals surface area contributed by atoms with Gasteiger partial charge in [0.15, 0.2) is 11.6 Å². The topological polar surface area (TPSA) is 73.1 Å². The molecule has 0 aliphatic carbocycles. The van der Waals surface area contributed by atoms with Gasteiger partial charge in [0.1, 0.15) is 11.7 Å². The Bertz CT molecular complexity index is 1050. The van der Waals surface area contributed by atoms with Gasteiger partial charge in [-0.1, -0.05) is 18.2 Å². The normalized spacial score (nSPS) is 20.7. The third-order valence-electron chi connectivity index (χ3n) is 5.75. The lowest BCUT2D eigenvalue weighted by Gasteiger charge is -2.45. The van der Waals surface area contributed by atoms with Crippen molar-refractivity contribution in [1.29, 1.82) is 0 Å². The van der Waals surface area contributed by atoms with E-state index in [9.17, 15) is 4.79 Å². The lowest BCUT2D eigenvalue weighted by Crippen LogP contribution is -2.56. The molecule has 28 heavy (non-hydrogen) atoms. The summed E-state index contributed by atoms with van der Waals surface area (Å²) in [6, 6.07) is 11.3. The van der Waals surface area contributed by atoms with Gasteiger partial charge in [-0.3, -0.25) is 9.78 Å². The van der Waals surface area contributed by atoms with Crippen LogP contribution in [0.15, 0.2) is 42.6 Å². The van der Waals surface area contributed by atoms with Crippen LogP contribution in [0.2, 0.25) is 0 Å². The molecule has 3 aromatic rings. The van der Waals surface area contributed by atoms with Gasteiger partial charge in [0.05, 0.1) is 19.3 Å². The summed E-state index contributed by atoms with van der Waals surface area (Å²) in [4.78, 5) is 19.8. The van der Waals surface area contributed by atoms with Gasteiger partial charge in [-0.2, -0.15) is 0 Å². The molecule has 1 saturated heterocycles. The molecule has 0 radical (unpaired) electrons. The Morgan fingerprint density at radius 3 is 2.82 bits per heavy atom. The number of carbonyl (C=O) groups is 1. The molecular formula is C21H21N5O2. The molecule has 0 unspecified atom stereocenters. The number of ether oxygens (including phenoxy) is 1. The molecule has 7 nitrogen and oxygen atoms in total. The lowest BCUT2D eigenvalue weighted by molar-refractivity contribution is -0.0569. The average molecular weight is 375 g/mol. The average Bonchev–Trinajstić information content (AvgIpc) is 3.13. The van der Waals surface area contributed by atoms with Gasteiger partial charge in [-0.05, 0) is 43.2 Å². The van der Waals surface area contributed by atoms with Crippen molar-refractivity contribution in [2.24, 2.45) is 0 Å². The first kappa shape index (κ1) is 17.1. The summed E-state index contributed by atoms with van der Waals surface area (Å²) < 4.78 is 7.88. The second kappa shape index (κ2) is 6.53. The third-order valence-corrected chi connectivity index (χ3v) is 5.75. The number of pyridine rings is 1. The van der Waals surface area contributed by atoms with E-state index >= 15 is 0 Å². The highest BCUT2D eigenvalue weighted by Gasteiger charge is 2.44. The Hall–Kier alpha value is -3.06. The molecule has 1 aromatic carbocycles. The Kier molecular flexibility index (Phi) is 3.98. The monoisotopic (exact) mass is 375 g/mol. The van der Waals surface area contributed by atoms with Crippen LogP contribution in [0.4, 0.5) is 0 Å². The number of aryl methyl sites for hydroxylation is 1. The first-order valence-electron chi connectivity index (χ1n) is 9.46. The molecule has 0 saturated carbocycles. The van der Waals surface area contributed by atoms with Crippen molar-refractivity contribution in [2.45, 2.75) is 32.5 Å². The van der Waals surface area contributed by atoms with E-state index < -0.39 is 0 Å². The number of benzene rings is 1. The minimum Gasteiger partial charge on any atom is -0.377 e. The van der Waals surface area contributed by atoms with Gasteiger partial charge >= 0.3 is 0 Å². The fourth-order valence-corrected chi connectivity index (χ4v) is 4.14. The quantitative estimate of drug-likeness (QED) is 0.688. The van der Waals surface area contributed by atoms with Gasteiger partial charge in [0.2, 0.25) is 0 Å². The van der Waals surface area contributed by atoms with Gasteiger partial charge < -0.3 is 14.2 Å². The number of aromatic nitrogens is 4. The van der Waals surface area contributed by atoms with Crippen LogP contribution in [0.3, 0.4) is 0 Å². The molecule has 2 bridgehead atoms. The summed E-state index contributed by atoms with van der Waals surface area (Å²) in [6.45, 7) is 5.56. The van der Waals surface area contributed by atoms with Gasteiger partial charge in [-0.25, -0.2) is 0 Å². The predicted octanol–water partition coefficient (Wildman–Crippen LogP) is 2.55. The Balaban J connectivity index is 1.56. The number of hydrogen-bond acceptors (Lipinski definition) is 5. The molecule has 0 spiro atoms. The van der Waals surface area contributed by atoms with E-state index in [-0.39, 0.29) is 18.0 Å². The van der Waals surface area contributed by atoms with E-state index in [0.717, 1.165) is 34.0 Å². The SMILES string of the molecule is Cc1cccc(C(=O)N2[C@H]3COC[C@@H]2c2nnc(-c4ccccn4)n2C3)c1C. The van der Waals surface area contributed by atoms with Crippen LogP contribution < -0.4 is 0 Å². The highest BCUT2D eigenvalue weighted by Crippen LogP contribution is 2.36. The number of morpholine rings is 1. The zero-order valence-corrected chi connectivity index (χ0v) is 15.9. The number of amides is 1. The van der Waals surface area contributed by atoms with Crippen molar-refractivity contribution >= 4 is 5.91 Å². The van der Waals surface area contributed by atoms with Crippen LogP contribution in [-0.2, 0) is 11.3 Å². The summed E-state index contributed by atoms with van der Waals surface area (Å²) in [5.41, 5.74) is 3.67. The summed E-state index contributed by atoms with van der Waals surface area (Å²) in [5, 5.41) is 8.80. The first-order valence-corrected chi connectivity index (χ1v) is 9.46. The Morgan fingerprint density at radius 1 is 1.11 bits per heavy atom. The van der Waals surface area contributed by atoms with E-state index in [2.05, 4.69) is 19.7 Å². The molecule has 1 amide bonds. The smallest absolute Gasteiger partial charge is 0.255 e. The van der Waals surface area contributed by atoms with Crippen molar-refractivity contribution in [2.75, 3.05) is 13.2 Å². The van der Waals surface area contributed by atoms with Crippen molar-refractivity contribution in [3.63, 3.8) is 0 Å². The molecule has 7 heteroatoms. The molecule has 0 N–H and O–H groups in total. The maximum atomic E-state index is 13.5. The summed E-state index contributed by atoms with van der Waals surface area (Å²) in [7, 11) is 0. The summed E-state index contributed by atoms with van der Waals surface area (Å²) >= 11 is 0. The highest BCUT2D eigenvalue weighted by molar-refractivity contribution is 5.96. The lowest BCUT2D eigenvalue weighted by atomic mass is 9.98. The summed E-state index contributed by atoms with van der Waals surface area (Å²) in [5.74, 6) is 1.54. The second-order valence-electron chi connectivity index (χ2n) is 7.37. The molecule has 2 aromatic heterocycles. The molecule has 2 atom stereocenters. The van der Waals surface area contributed by atoms with E-state index in [1.165, 1.54) is 0 Å². The molecule has 4 heterocycles. The summed E-state index contributed by atoms with van der Waals surface area (Å²) in [6.07, 6.45) is 1.75. The zero-order valence-electron chi connectivity index (χ0n) is 15.9. The third kappa shape index (κ3) is 2.54. The van der Waals surface area contributed by atoms with Gasteiger partial charge in [0, 0.05) is 18.3 Å². The number of carbonyl (C=O) groups excluding carboxylic acids is 1. The molecule has 1 fully saturated rings. The largest absolute Gasteiger partial charge is 0.377 e. The number of fused-ring (bicyclic) bond motifs is 4. The van der Waals surface area contributed by atoms with Crippen LogP contribution in [0, 0.1) is 13.8 Å². The van der Waals surface area contributed by atoms with Crippen molar-refractivity contribution in [3.8, 4) is 11.5 Å². The fourth-order valence-electron chi connectivity index (χ4n) is 4.14. The molecule has 2 aliphatic heterocycles. The standard InChI is InChI=1S/C21H21N5O2/c1-13-6-5-7-16(14(13)2)21(27)26-15-10-25-19(17-8-3-4-9-22-17)23-24-20(25)18(26)12-28-11-15/h3-9,15,18H,10-12H2,1-2H3/t15-,18-/m1/s1. The molecular weight excluding hydrogens is 354 g/mol. The minimum atomic E-state index is -0.245. The van der Waals surface area contributed by atoms with Crippen molar-refractivity contribution in [1.82, 2.24) is 24.6 Å². The van der Waals surface area contributed by atoms with E-state index in [1.807, 2.05) is 55.1 Å². The van der Waals surface area contributed by atoms with Crippen LogP contribution >= 0.6 is 0 Å². The maximum absolute atomic E-state index is 13.5. The zero-order chi connectivity index (χ0) is 19.3. The van der Waals surface area contributed by atoms with Crippen LogP contribution in [-0.4, -0.2) is 49.8 Å². The van der Waals surface area contributed by atoms with Crippen LogP contribution in [0.25, 0.3) is 11.5 Å². The Morgan fingerprint density at radius 2 is 2.00 bits per heavy atom. The van der Waals surface area contributed by atoms with E-state index in [0.29, 0.717) is 19.8 Å². The van der Waals surface area contributed by atoms with Crippen molar-refractivity contribution < 1.29 is 9.53 Å². The Labute approximate surface area is 163 Å². The van der Waals surface area contributed by atoms with Crippen molar-refractivity contribution in [3.05, 3.63) is 65.1 Å². The minimum absolute atomic E-state index is 0.0353.